The molecule has 4 nitrogen and oxygen atoms in total. The number of alkyl halides is 3. The third-order valence-electron chi connectivity index (χ3n) is 3.51. The molecule has 1 saturated heterocycles. The Morgan fingerprint density at radius 3 is 2.52 bits per heavy atom. The third kappa shape index (κ3) is 2.51. The summed E-state index contributed by atoms with van der Waals surface area (Å²) in [6.45, 7) is 0.736. The fourth-order valence-electron chi connectivity index (χ4n) is 2.37. The molecule has 1 fully saturated rings. The summed E-state index contributed by atoms with van der Waals surface area (Å²) in [6, 6.07) is 6.66. The fraction of sp³-hybridized carbons (Fsp3) is 0.286. The molecule has 0 aliphatic carbocycles. The lowest BCUT2D eigenvalue weighted by Gasteiger charge is -2.39. The SMILES string of the molecule is O=C(c1ccccc1C(F)(F)F)N1CC(n2cccn2)C1. The van der Waals surface area contributed by atoms with Gasteiger partial charge in [0.15, 0.2) is 0 Å². The van der Waals surface area contributed by atoms with E-state index in [-0.39, 0.29) is 11.6 Å². The number of hydrogen-bond acceptors (Lipinski definition) is 2. The van der Waals surface area contributed by atoms with Crippen molar-refractivity contribution in [3.8, 4) is 0 Å². The topological polar surface area (TPSA) is 38.1 Å². The first kappa shape index (κ1) is 13.7. The Hall–Kier alpha value is -2.31. The van der Waals surface area contributed by atoms with Crippen LogP contribution in [0.15, 0.2) is 42.7 Å². The minimum absolute atomic E-state index is 0.0296. The smallest absolute Gasteiger partial charge is 0.334 e. The van der Waals surface area contributed by atoms with Gasteiger partial charge in [0, 0.05) is 25.5 Å². The van der Waals surface area contributed by atoms with Crippen LogP contribution in [0.5, 0.6) is 0 Å². The van der Waals surface area contributed by atoms with Crippen LogP contribution in [0.4, 0.5) is 13.2 Å². The molecule has 3 rings (SSSR count). The van der Waals surface area contributed by atoms with E-state index in [0.717, 1.165) is 6.07 Å². The van der Waals surface area contributed by atoms with Crippen LogP contribution in [0, 0.1) is 0 Å². The second-order valence-corrected chi connectivity index (χ2v) is 4.89. The molecule has 0 radical (unpaired) electrons. The molecule has 0 bridgehead atoms. The summed E-state index contributed by atoms with van der Waals surface area (Å²) in [5.41, 5.74) is -1.19. The Bertz CT molecular complexity index is 646. The van der Waals surface area contributed by atoms with Gasteiger partial charge in [-0.25, -0.2) is 0 Å². The number of nitrogens with zero attached hydrogens (tertiary/aromatic N) is 3. The van der Waals surface area contributed by atoms with Crippen molar-refractivity contribution in [3.05, 3.63) is 53.9 Å². The van der Waals surface area contributed by atoms with Crippen molar-refractivity contribution >= 4 is 5.91 Å². The number of hydrogen-bond donors (Lipinski definition) is 0. The zero-order chi connectivity index (χ0) is 15.0. The van der Waals surface area contributed by atoms with Gasteiger partial charge in [-0.15, -0.1) is 0 Å². The minimum Gasteiger partial charge on any atom is -0.334 e. The highest BCUT2D eigenvalue weighted by atomic mass is 19.4. The standard InChI is InChI=1S/C14H12F3N3O/c15-14(16,17)12-5-2-1-4-11(12)13(21)19-8-10(9-19)20-7-3-6-18-20/h1-7,10H,8-9H2. The molecule has 1 amide bonds. The Balaban J connectivity index is 1.76. The molecule has 1 aliphatic heterocycles. The van der Waals surface area contributed by atoms with Crippen molar-refractivity contribution in [2.45, 2.75) is 12.2 Å². The number of likely N-dealkylation sites (tertiary alicyclic amines) is 1. The number of carbonyl (C=O) groups excluding carboxylic acids is 1. The van der Waals surface area contributed by atoms with E-state index in [2.05, 4.69) is 5.10 Å². The molecule has 0 unspecified atom stereocenters. The van der Waals surface area contributed by atoms with Crippen molar-refractivity contribution in [3.63, 3.8) is 0 Å². The van der Waals surface area contributed by atoms with Crippen LogP contribution in [0.1, 0.15) is 22.0 Å². The van der Waals surface area contributed by atoms with Gasteiger partial charge in [0.05, 0.1) is 17.2 Å². The van der Waals surface area contributed by atoms with Gasteiger partial charge >= 0.3 is 6.18 Å². The molecule has 110 valence electrons. The lowest BCUT2D eigenvalue weighted by atomic mass is 10.0. The lowest BCUT2D eigenvalue weighted by Crippen LogP contribution is -2.51. The van der Waals surface area contributed by atoms with Crippen molar-refractivity contribution < 1.29 is 18.0 Å². The van der Waals surface area contributed by atoms with E-state index >= 15 is 0 Å². The van der Waals surface area contributed by atoms with Crippen LogP contribution < -0.4 is 0 Å². The first-order chi connectivity index (χ1) is 9.97. The highest BCUT2D eigenvalue weighted by molar-refractivity contribution is 5.96. The third-order valence-corrected chi connectivity index (χ3v) is 3.51. The van der Waals surface area contributed by atoms with Crippen LogP contribution in [0.25, 0.3) is 0 Å². The Morgan fingerprint density at radius 1 is 1.19 bits per heavy atom. The average Bonchev–Trinajstić information content (AvgIpc) is 2.89. The summed E-state index contributed by atoms with van der Waals surface area (Å²) in [5.74, 6) is -0.591. The first-order valence-corrected chi connectivity index (χ1v) is 6.41. The average molecular weight is 295 g/mol. The van der Waals surface area contributed by atoms with Crippen LogP contribution in [-0.4, -0.2) is 33.7 Å². The maximum absolute atomic E-state index is 12.9. The van der Waals surface area contributed by atoms with Gasteiger partial charge < -0.3 is 4.90 Å². The predicted octanol–water partition coefficient (Wildman–Crippen LogP) is 2.60. The molecule has 21 heavy (non-hydrogen) atoms. The largest absolute Gasteiger partial charge is 0.417 e. The number of benzene rings is 1. The highest BCUT2D eigenvalue weighted by Crippen LogP contribution is 2.33. The van der Waals surface area contributed by atoms with E-state index in [4.69, 9.17) is 0 Å². The van der Waals surface area contributed by atoms with Crippen molar-refractivity contribution in [1.29, 1.82) is 0 Å². The Morgan fingerprint density at radius 2 is 1.90 bits per heavy atom. The quantitative estimate of drug-likeness (QED) is 0.854. The molecule has 0 atom stereocenters. The first-order valence-electron chi connectivity index (χ1n) is 6.41. The summed E-state index contributed by atoms with van der Waals surface area (Å²) in [4.78, 5) is 13.6. The molecule has 0 spiro atoms. The van der Waals surface area contributed by atoms with E-state index in [1.165, 1.54) is 23.1 Å². The fourth-order valence-corrected chi connectivity index (χ4v) is 2.37. The number of rotatable bonds is 2. The summed E-state index contributed by atoms with van der Waals surface area (Å²) in [5, 5.41) is 4.06. The molecule has 2 heterocycles. The van der Waals surface area contributed by atoms with Gasteiger partial charge in [0.1, 0.15) is 0 Å². The van der Waals surface area contributed by atoms with E-state index in [1.54, 1.807) is 23.1 Å². The van der Waals surface area contributed by atoms with E-state index in [9.17, 15) is 18.0 Å². The van der Waals surface area contributed by atoms with E-state index < -0.39 is 17.6 Å². The monoisotopic (exact) mass is 295 g/mol. The molecule has 1 aromatic carbocycles. The van der Waals surface area contributed by atoms with E-state index in [1.807, 2.05) is 0 Å². The van der Waals surface area contributed by atoms with Gasteiger partial charge in [0.25, 0.3) is 5.91 Å². The number of amides is 1. The van der Waals surface area contributed by atoms with Crippen molar-refractivity contribution in [1.82, 2.24) is 14.7 Å². The number of aromatic nitrogens is 2. The number of halogens is 3. The van der Waals surface area contributed by atoms with Crippen molar-refractivity contribution in [2.75, 3.05) is 13.1 Å². The molecule has 0 N–H and O–H groups in total. The summed E-state index contributed by atoms with van der Waals surface area (Å²) >= 11 is 0. The van der Waals surface area contributed by atoms with Gasteiger partial charge in [-0.1, -0.05) is 12.1 Å². The highest BCUT2D eigenvalue weighted by Gasteiger charge is 2.39. The predicted molar refractivity (Wildman–Crippen MR) is 68.6 cm³/mol. The normalized spacial score (nSPS) is 15.9. The maximum atomic E-state index is 12.9. The Labute approximate surface area is 118 Å². The maximum Gasteiger partial charge on any atom is 0.417 e. The lowest BCUT2D eigenvalue weighted by molar-refractivity contribution is -0.138. The van der Waals surface area contributed by atoms with Gasteiger partial charge in [-0.2, -0.15) is 18.3 Å². The molecule has 2 aromatic rings. The molecule has 1 aromatic heterocycles. The number of carbonyl (C=O) groups is 1. The summed E-state index contributed by atoms with van der Waals surface area (Å²) < 4.78 is 40.4. The molecule has 7 heteroatoms. The molecule has 0 saturated carbocycles. The minimum atomic E-state index is -4.53. The van der Waals surface area contributed by atoms with Crippen LogP contribution in [-0.2, 0) is 6.18 Å². The van der Waals surface area contributed by atoms with Gasteiger partial charge in [-0.05, 0) is 18.2 Å². The summed E-state index contributed by atoms with van der Waals surface area (Å²) in [7, 11) is 0. The van der Waals surface area contributed by atoms with Gasteiger partial charge in [0.2, 0.25) is 0 Å². The zero-order valence-corrected chi connectivity index (χ0v) is 10.9. The second-order valence-electron chi connectivity index (χ2n) is 4.89. The van der Waals surface area contributed by atoms with Crippen LogP contribution in [0.3, 0.4) is 0 Å². The Kier molecular flexibility index (Phi) is 3.19. The second kappa shape index (κ2) is 4.91. The van der Waals surface area contributed by atoms with Crippen LogP contribution in [0.2, 0.25) is 0 Å². The zero-order valence-electron chi connectivity index (χ0n) is 10.9. The summed E-state index contributed by atoms with van der Waals surface area (Å²) in [6.07, 6.45) is -1.13. The van der Waals surface area contributed by atoms with Crippen molar-refractivity contribution in [2.24, 2.45) is 0 Å². The van der Waals surface area contributed by atoms with E-state index in [0.29, 0.717) is 13.1 Å². The van der Waals surface area contributed by atoms with Crippen LogP contribution >= 0.6 is 0 Å². The van der Waals surface area contributed by atoms with Gasteiger partial charge in [-0.3, -0.25) is 9.48 Å². The molecular weight excluding hydrogens is 283 g/mol. The molecular formula is C14H12F3N3O. The molecule has 1 aliphatic rings.